The second kappa shape index (κ2) is 6.29. The van der Waals surface area contributed by atoms with Crippen molar-refractivity contribution in [1.82, 2.24) is 10.2 Å². The summed E-state index contributed by atoms with van der Waals surface area (Å²) in [7, 11) is 0. The van der Waals surface area contributed by atoms with Crippen molar-refractivity contribution >= 4 is 11.7 Å². The van der Waals surface area contributed by atoms with Crippen molar-refractivity contribution in [2.24, 2.45) is 5.92 Å². The Kier molecular flexibility index (Phi) is 4.72. The number of ketones is 1. The molecular weight excluding hydrogens is 232 g/mol. The predicted molar refractivity (Wildman–Crippen MR) is 67.2 cm³/mol. The molecule has 0 aromatic carbocycles. The molecule has 2 rings (SSSR count). The third-order valence-electron chi connectivity index (χ3n) is 3.48. The Morgan fingerprint density at radius 3 is 2.83 bits per heavy atom. The van der Waals surface area contributed by atoms with Crippen LogP contribution in [0.25, 0.3) is 0 Å². The van der Waals surface area contributed by atoms with Crippen molar-refractivity contribution in [1.29, 1.82) is 0 Å². The summed E-state index contributed by atoms with van der Waals surface area (Å²) in [4.78, 5) is 25.8. The van der Waals surface area contributed by atoms with Crippen LogP contribution in [0.1, 0.15) is 26.2 Å². The minimum absolute atomic E-state index is 0.0138. The molecule has 0 bridgehead atoms. The number of hydrogen-bond donors (Lipinski definition) is 1. The van der Waals surface area contributed by atoms with Crippen LogP contribution in [0.3, 0.4) is 0 Å². The van der Waals surface area contributed by atoms with Crippen molar-refractivity contribution in [3.63, 3.8) is 0 Å². The Morgan fingerprint density at radius 2 is 2.17 bits per heavy atom. The highest BCUT2D eigenvalue weighted by atomic mass is 16.5. The Labute approximate surface area is 108 Å². The highest BCUT2D eigenvalue weighted by Crippen LogP contribution is 2.30. The Morgan fingerprint density at radius 1 is 1.39 bits per heavy atom. The summed E-state index contributed by atoms with van der Waals surface area (Å²) in [6, 6.07) is -0.298. The zero-order valence-corrected chi connectivity index (χ0v) is 11.0. The third-order valence-corrected chi connectivity index (χ3v) is 3.48. The van der Waals surface area contributed by atoms with Crippen molar-refractivity contribution in [2.45, 2.75) is 32.2 Å². The lowest BCUT2D eigenvalue weighted by molar-refractivity contribution is -0.135. The number of amides is 1. The summed E-state index contributed by atoms with van der Waals surface area (Å²) >= 11 is 0. The fraction of sp³-hybridized carbons (Fsp3) is 0.846. The first-order valence-corrected chi connectivity index (χ1v) is 6.84. The molecule has 2 aliphatic rings. The average Bonchev–Trinajstić information content (AvgIpc) is 3.20. The van der Waals surface area contributed by atoms with Crippen LogP contribution in [-0.2, 0) is 14.3 Å². The fourth-order valence-electron chi connectivity index (χ4n) is 2.17. The number of nitrogens with zero attached hydrogens (tertiary/aromatic N) is 1. The summed E-state index contributed by atoms with van der Waals surface area (Å²) < 4.78 is 5.36. The largest absolute Gasteiger partial charge is 0.378 e. The Hall–Kier alpha value is -0.940. The maximum absolute atomic E-state index is 12.0. The van der Waals surface area contributed by atoms with Gasteiger partial charge < -0.3 is 10.1 Å². The zero-order chi connectivity index (χ0) is 13.0. The maximum Gasteiger partial charge on any atom is 0.239 e. The number of rotatable bonds is 6. The first-order valence-electron chi connectivity index (χ1n) is 6.84. The van der Waals surface area contributed by atoms with E-state index >= 15 is 0 Å². The van der Waals surface area contributed by atoms with Gasteiger partial charge in [-0.15, -0.1) is 0 Å². The Balaban J connectivity index is 1.87. The number of carbonyl (C=O) groups is 2. The van der Waals surface area contributed by atoms with Crippen LogP contribution in [-0.4, -0.2) is 55.5 Å². The molecule has 0 radical (unpaired) electrons. The molecule has 18 heavy (non-hydrogen) atoms. The number of morpholine rings is 1. The first-order chi connectivity index (χ1) is 8.72. The molecule has 1 saturated carbocycles. The van der Waals surface area contributed by atoms with E-state index in [0.717, 1.165) is 19.3 Å². The van der Waals surface area contributed by atoms with E-state index in [1.807, 2.05) is 11.8 Å². The van der Waals surface area contributed by atoms with Crippen LogP contribution in [0.5, 0.6) is 0 Å². The smallest absolute Gasteiger partial charge is 0.239 e. The van der Waals surface area contributed by atoms with Gasteiger partial charge in [-0.3, -0.25) is 14.5 Å². The second-order valence-electron chi connectivity index (χ2n) is 5.09. The predicted octanol–water partition coefficient (Wildman–Crippen LogP) is 0.192. The lowest BCUT2D eigenvalue weighted by atomic mass is 10.1. The summed E-state index contributed by atoms with van der Waals surface area (Å²) in [6.45, 7) is 4.77. The third kappa shape index (κ3) is 3.53. The molecule has 1 aliphatic carbocycles. The minimum atomic E-state index is -0.298. The highest BCUT2D eigenvalue weighted by Gasteiger charge is 2.35. The van der Waals surface area contributed by atoms with Gasteiger partial charge in [0, 0.05) is 19.0 Å². The molecule has 1 atom stereocenters. The monoisotopic (exact) mass is 254 g/mol. The van der Waals surface area contributed by atoms with Crippen LogP contribution in [0, 0.1) is 5.92 Å². The van der Waals surface area contributed by atoms with Crippen molar-refractivity contribution in [2.75, 3.05) is 32.8 Å². The quantitative estimate of drug-likeness (QED) is 0.735. The lowest BCUT2D eigenvalue weighted by Crippen LogP contribution is -2.55. The summed E-state index contributed by atoms with van der Waals surface area (Å²) in [5, 5.41) is 2.88. The van der Waals surface area contributed by atoms with E-state index < -0.39 is 0 Å². The van der Waals surface area contributed by atoms with Gasteiger partial charge in [0.15, 0.2) is 0 Å². The van der Waals surface area contributed by atoms with Gasteiger partial charge in [0.05, 0.1) is 19.8 Å². The molecule has 1 amide bonds. The molecule has 102 valence electrons. The molecule has 0 aromatic heterocycles. The molecule has 5 heteroatoms. The minimum Gasteiger partial charge on any atom is -0.378 e. The van der Waals surface area contributed by atoms with Gasteiger partial charge in [0.1, 0.15) is 11.8 Å². The Bertz CT molecular complexity index is 315. The van der Waals surface area contributed by atoms with Gasteiger partial charge in [0.25, 0.3) is 0 Å². The lowest BCUT2D eigenvalue weighted by Gasteiger charge is -2.34. The normalized spacial score (nSPS) is 24.8. The van der Waals surface area contributed by atoms with Crippen LogP contribution < -0.4 is 5.32 Å². The molecule has 1 N–H and O–H groups in total. The zero-order valence-electron chi connectivity index (χ0n) is 11.0. The summed E-state index contributed by atoms with van der Waals surface area (Å²) in [6.07, 6.45) is 2.96. The molecular formula is C13H22N2O3. The number of nitrogens with one attached hydrogen (secondary N) is 1. The molecule has 1 unspecified atom stereocenters. The van der Waals surface area contributed by atoms with E-state index in [0.29, 0.717) is 32.8 Å². The van der Waals surface area contributed by atoms with E-state index in [1.54, 1.807) is 0 Å². The van der Waals surface area contributed by atoms with Crippen LogP contribution >= 0.6 is 0 Å². The molecule has 1 aliphatic heterocycles. The van der Waals surface area contributed by atoms with Gasteiger partial charge in [-0.1, -0.05) is 6.92 Å². The van der Waals surface area contributed by atoms with Crippen LogP contribution in [0.4, 0.5) is 0 Å². The van der Waals surface area contributed by atoms with E-state index in [1.165, 1.54) is 0 Å². The average molecular weight is 254 g/mol. The second-order valence-corrected chi connectivity index (χ2v) is 5.09. The molecule has 1 heterocycles. The molecule has 0 aromatic rings. The maximum atomic E-state index is 12.0. The van der Waals surface area contributed by atoms with Gasteiger partial charge >= 0.3 is 0 Å². The highest BCUT2D eigenvalue weighted by molar-refractivity contribution is 5.87. The van der Waals surface area contributed by atoms with E-state index in [2.05, 4.69) is 5.32 Å². The number of Topliss-reactive ketones (excluding diaryl/α,β-unsaturated/α-hetero) is 1. The number of hydrogen-bond acceptors (Lipinski definition) is 4. The molecule has 2 fully saturated rings. The van der Waals surface area contributed by atoms with E-state index in [9.17, 15) is 9.59 Å². The standard InChI is InChI=1S/C13H22N2O3/c1-2-5-14-13(17)11-9-18-7-6-15(11)8-12(16)10-3-4-10/h10-11H,2-9H2,1H3,(H,14,17). The van der Waals surface area contributed by atoms with E-state index in [4.69, 9.17) is 4.74 Å². The number of carbonyl (C=O) groups excluding carboxylic acids is 2. The molecule has 1 saturated heterocycles. The molecule has 5 nitrogen and oxygen atoms in total. The van der Waals surface area contributed by atoms with Crippen molar-refractivity contribution in [3.05, 3.63) is 0 Å². The summed E-state index contributed by atoms with van der Waals surface area (Å²) in [5.74, 6) is 0.525. The van der Waals surface area contributed by atoms with E-state index in [-0.39, 0.29) is 23.7 Å². The van der Waals surface area contributed by atoms with Crippen LogP contribution in [0.2, 0.25) is 0 Å². The van der Waals surface area contributed by atoms with Crippen molar-refractivity contribution < 1.29 is 14.3 Å². The van der Waals surface area contributed by atoms with Gasteiger partial charge in [-0.05, 0) is 19.3 Å². The van der Waals surface area contributed by atoms with Gasteiger partial charge in [0.2, 0.25) is 5.91 Å². The number of ether oxygens (including phenoxy) is 1. The van der Waals surface area contributed by atoms with Gasteiger partial charge in [-0.2, -0.15) is 0 Å². The SMILES string of the molecule is CCCNC(=O)C1COCCN1CC(=O)C1CC1. The first kappa shape index (κ1) is 13.5. The topological polar surface area (TPSA) is 58.6 Å². The van der Waals surface area contributed by atoms with Crippen molar-refractivity contribution in [3.8, 4) is 0 Å². The molecule has 0 spiro atoms. The summed E-state index contributed by atoms with van der Waals surface area (Å²) in [5.41, 5.74) is 0. The fourth-order valence-corrected chi connectivity index (χ4v) is 2.17. The van der Waals surface area contributed by atoms with Crippen LogP contribution in [0.15, 0.2) is 0 Å². The van der Waals surface area contributed by atoms with Gasteiger partial charge in [-0.25, -0.2) is 0 Å².